The maximum atomic E-state index is 12.1. The third-order valence-corrected chi connectivity index (χ3v) is 5.14. The summed E-state index contributed by atoms with van der Waals surface area (Å²) in [6.07, 6.45) is 0. The van der Waals surface area contributed by atoms with Gasteiger partial charge in [-0.15, -0.1) is 0 Å². The highest BCUT2D eigenvalue weighted by Crippen LogP contribution is 2.29. The minimum Gasteiger partial charge on any atom is -0.452 e. The first-order valence-electron chi connectivity index (χ1n) is 8.78. The number of thiazole rings is 1. The topological polar surface area (TPSA) is 68.3 Å². The van der Waals surface area contributed by atoms with E-state index in [9.17, 15) is 9.59 Å². The number of rotatable bonds is 5. The molecular formula is C21H22N2O3S. The van der Waals surface area contributed by atoms with Crippen LogP contribution in [-0.2, 0) is 9.53 Å². The summed E-state index contributed by atoms with van der Waals surface area (Å²) in [6.45, 7) is 7.84. The van der Waals surface area contributed by atoms with Crippen LogP contribution in [0.2, 0.25) is 0 Å². The average Bonchev–Trinajstić information content (AvgIpc) is 3.02. The summed E-state index contributed by atoms with van der Waals surface area (Å²) in [5.74, 6) is -0.533. The largest absolute Gasteiger partial charge is 0.452 e. The van der Waals surface area contributed by atoms with Crippen molar-refractivity contribution in [2.75, 3.05) is 11.9 Å². The third kappa shape index (κ3) is 4.52. The normalized spacial score (nSPS) is 11.0. The number of fused-ring (bicyclic) bond motifs is 1. The fraction of sp³-hybridized carbons (Fsp3) is 0.286. The molecule has 0 aliphatic carbocycles. The van der Waals surface area contributed by atoms with Gasteiger partial charge in [0.05, 0.1) is 15.8 Å². The molecule has 0 radical (unpaired) electrons. The van der Waals surface area contributed by atoms with Gasteiger partial charge < -0.3 is 4.74 Å². The summed E-state index contributed by atoms with van der Waals surface area (Å²) in [7, 11) is 0. The third-order valence-electron chi connectivity index (χ3n) is 4.22. The lowest BCUT2D eigenvalue weighted by Crippen LogP contribution is -2.20. The van der Waals surface area contributed by atoms with Gasteiger partial charge >= 0.3 is 5.97 Å². The zero-order valence-corrected chi connectivity index (χ0v) is 16.6. The number of amides is 1. The van der Waals surface area contributed by atoms with Crippen LogP contribution < -0.4 is 5.32 Å². The second-order valence-electron chi connectivity index (χ2n) is 6.85. The Bertz CT molecular complexity index is 991. The Morgan fingerprint density at radius 1 is 1.15 bits per heavy atom. The van der Waals surface area contributed by atoms with E-state index < -0.39 is 11.9 Å². The molecule has 0 aliphatic rings. The zero-order valence-electron chi connectivity index (χ0n) is 15.8. The molecule has 1 amide bonds. The average molecular weight is 382 g/mol. The Labute approximate surface area is 162 Å². The van der Waals surface area contributed by atoms with Crippen LogP contribution in [0.3, 0.4) is 0 Å². The lowest BCUT2D eigenvalue weighted by atomic mass is 10.0. The maximum absolute atomic E-state index is 12.1. The molecule has 6 heteroatoms. The Kier molecular flexibility index (Phi) is 5.56. The molecule has 1 heterocycles. The fourth-order valence-electron chi connectivity index (χ4n) is 2.80. The molecule has 5 nitrogen and oxygen atoms in total. The maximum Gasteiger partial charge on any atom is 0.338 e. The number of carbonyl (C=O) groups excluding carboxylic acids is 2. The van der Waals surface area contributed by atoms with E-state index in [-0.39, 0.29) is 6.61 Å². The van der Waals surface area contributed by atoms with Gasteiger partial charge in [0.25, 0.3) is 5.91 Å². The molecule has 0 fully saturated rings. The molecule has 0 saturated heterocycles. The lowest BCUT2D eigenvalue weighted by Gasteiger charge is -2.07. The molecule has 3 rings (SSSR count). The van der Waals surface area contributed by atoms with Crippen LogP contribution in [0.1, 0.15) is 46.8 Å². The Balaban J connectivity index is 1.59. The van der Waals surface area contributed by atoms with E-state index >= 15 is 0 Å². The number of aryl methyl sites for hydroxylation is 2. The first-order valence-corrected chi connectivity index (χ1v) is 9.60. The van der Waals surface area contributed by atoms with Gasteiger partial charge in [0.2, 0.25) is 0 Å². The van der Waals surface area contributed by atoms with Crippen LogP contribution in [0.25, 0.3) is 10.2 Å². The van der Waals surface area contributed by atoms with E-state index in [0.29, 0.717) is 16.6 Å². The van der Waals surface area contributed by atoms with Gasteiger partial charge in [-0.1, -0.05) is 43.4 Å². The smallest absolute Gasteiger partial charge is 0.338 e. The van der Waals surface area contributed by atoms with Crippen LogP contribution in [0.15, 0.2) is 36.4 Å². The molecule has 1 aromatic heterocycles. The van der Waals surface area contributed by atoms with Crippen LogP contribution >= 0.6 is 11.3 Å². The van der Waals surface area contributed by atoms with E-state index in [1.165, 1.54) is 11.3 Å². The number of benzene rings is 2. The van der Waals surface area contributed by atoms with Crippen molar-refractivity contribution in [2.24, 2.45) is 0 Å². The van der Waals surface area contributed by atoms with Crippen molar-refractivity contribution >= 4 is 38.6 Å². The molecule has 27 heavy (non-hydrogen) atoms. The van der Waals surface area contributed by atoms with Gasteiger partial charge in [-0.2, -0.15) is 0 Å². The first kappa shape index (κ1) is 19.0. The summed E-state index contributed by atoms with van der Waals surface area (Å²) in [6, 6.07) is 11.3. The Hall–Kier alpha value is -2.73. The molecule has 0 aliphatic heterocycles. The molecule has 0 spiro atoms. The molecular weight excluding hydrogens is 360 g/mol. The van der Waals surface area contributed by atoms with Gasteiger partial charge in [0.15, 0.2) is 11.7 Å². The van der Waals surface area contributed by atoms with Crippen LogP contribution in [0.4, 0.5) is 5.13 Å². The number of anilines is 1. The van der Waals surface area contributed by atoms with Crippen molar-refractivity contribution in [1.29, 1.82) is 0 Å². The van der Waals surface area contributed by atoms with E-state index in [1.54, 1.807) is 12.1 Å². The Morgan fingerprint density at radius 2 is 1.85 bits per heavy atom. The second kappa shape index (κ2) is 7.88. The highest BCUT2D eigenvalue weighted by molar-refractivity contribution is 7.22. The van der Waals surface area contributed by atoms with Crippen molar-refractivity contribution in [3.63, 3.8) is 0 Å². The van der Waals surface area contributed by atoms with Gasteiger partial charge in [0.1, 0.15) is 0 Å². The number of hydrogen-bond donors (Lipinski definition) is 1. The van der Waals surface area contributed by atoms with Gasteiger partial charge in [-0.25, -0.2) is 9.78 Å². The minimum atomic E-state index is -0.517. The summed E-state index contributed by atoms with van der Waals surface area (Å²) in [5, 5.41) is 3.20. The van der Waals surface area contributed by atoms with E-state index in [2.05, 4.69) is 30.2 Å². The van der Waals surface area contributed by atoms with Crippen molar-refractivity contribution in [3.8, 4) is 0 Å². The van der Waals surface area contributed by atoms with Gasteiger partial charge in [-0.3, -0.25) is 10.1 Å². The number of esters is 1. The highest BCUT2D eigenvalue weighted by Gasteiger charge is 2.13. The van der Waals surface area contributed by atoms with Crippen LogP contribution in [0, 0.1) is 13.8 Å². The summed E-state index contributed by atoms with van der Waals surface area (Å²) in [5.41, 5.74) is 4.67. The van der Waals surface area contributed by atoms with E-state index in [0.717, 1.165) is 26.9 Å². The molecule has 1 N–H and O–H groups in total. The van der Waals surface area contributed by atoms with Crippen LogP contribution in [0.5, 0.6) is 0 Å². The summed E-state index contributed by atoms with van der Waals surface area (Å²) < 4.78 is 6.12. The zero-order chi connectivity index (χ0) is 19.6. The van der Waals surface area contributed by atoms with Crippen LogP contribution in [-0.4, -0.2) is 23.5 Å². The number of nitrogens with one attached hydrogen (secondary N) is 1. The molecule has 0 unspecified atom stereocenters. The second-order valence-corrected chi connectivity index (χ2v) is 7.88. The van der Waals surface area contributed by atoms with Crippen molar-refractivity contribution in [3.05, 3.63) is 58.7 Å². The number of nitrogens with zero attached hydrogens (tertiary/aromatic N) is 1. The monoisotopic (exact) mass is 382 g/mol. The molecule has 140 valence electrons. The quantitative estimate of drug-likeness (QED) is 0.642. The van der Waals surface area contributed by atoms with E-state index in [1.807, 2.05) is 32.0 Å². The number of aromatic nitrogens is 1. The number of carbonyl (C=O) groups is 2. The van der Waals surface area contributed by atoms with Crippen molar-refractivity contribution in [2.45, 2.75) is 33.6 Å². The summed E-state index contributed by atoms with van der Waals surface area (Å²) in [4.78, 5) is 28.6. The van der Waals surface area contributed by atoms with E-state index in [4.69, 9.17) is 4.74 Å². The van der Waals surface area contributed by atoms with Gasteiger partial charge in [-0.05, 0) is 54.7 Å². The lowest BCUT2D eigenvalue weighted by molar-refractivity contribution is -0.119. The number of ether oxygens (including phenoxy) is 1. The SMILES string of the molecule is Cc1cc(C)c2nc(NC(=O)COC(=O)c3ccc(C(C)C)cc3)sc2c1. The predicted molar refractivity (Wildman–Crippen MR) is 109 cm³/mol. The molecule has 0 atom stereocenters. The molecule has 0 bridgehead atoms. The molecule has 2 aromatic carbocycles. The predicted octanol–water partition coefficient (Wildman–Crippen LogP) is 4.83. The molecule has 0 saturated carbocycles. The minimum absolute atomic E-state index is 0.349. The van der Waals surface area contributed by atoms with Crippen molar-refractivity contribution < 1.29 is 14.3 Å². The van der Waals surface area contributed by atoms with Gasteiger partial charge in [0, 0.05) is 0 Å². The fourth-order valence-corrected chi connectivity index (χ4v) is 3.86. The highest BCUT2D eigenvalue weighted by atomic mass is 32.1. The standard InChI is InChI=1S/C21H22N2O3S/c1-12(2)15-5-7-16(8-6-15)20(25)26-11-18(24)22-21-23-19-14(4)9-13(3)10-17(19)27-21/h5-10,12H,11H2,1-4H3,(H,22,23,24). The number of hydrogen-bond acceptors (Lipinski definition) is 5. The summed E-state index contributed by atoms with van der Waals surface area (Å²) >= 11 is 1.41. The first-order chi connectivity index (χ1) is 12.8. The van der Waals surface area contributed by atoms with Crippen molar-refractivity contribution in [1.82, 2.24) is 4.98 Å². The molecule has 3 aromatic rings. The Morgan fingerprint density at radius 3 is 2.52 bits per heavy atom.